The molecule has 1 aromatic carbocycles. The van der Waals surface area contributed by atoms with E-state index in [-0.39, 0.29) is 5.82 Å². The molecule has 33 heavy (non-hydrogen) atoms. The molecular weight excluding hydrogens is 459 g/mol. The average Bonchev–Trinajstić information content (AvgIpc) is 3.45. The lowest BCUT2D eigenvalue weighted by atomic mass is 10.1. The van der Waals surface area contributed by atoms with Crippen molar-refractivity contribution >= 4 is 43.7 Å². The maximum Gasteiger partial charge on any atom is 0.216 e. The number of rotatable bonds is 5. The van der Waals surface area contributed by atoms with E-state index in [2.05, 4.69) is 23.2 Å². The Hall–Kier alpha value is -3.07. The molecule has 0 unspecified atom stereocenters. The lowest BCUT2D eigenvalue weighted by Crippen LogP contribution is -2.27. The van der Waals surface area contributed by atoms with Gasteiger partial charge < -0.3 is 15.1 Å². The number of aryl methyl sites for hydroxylation is 1. The van der Waals surface area contributed by atoms with Crippen molar-refractivity contribution in [3.8, 4) is 17.3 Å². The van der Waals surface area contributed by atoms with Gasteiger partial charge in [-0.25, -0.2) is 14.4 Å². The number of imidazole rings is 1. The van der Waals surface area contributed by atoms with Gasteiger partial charge in [-0.15, -0.1) is 5.10 Å². The highest BCUT2D eigenvalue weighted by Gasteiger charge is 2.25. The predicted molar refractivity (Wildman–Crippen MR) is 130 cm³/mol. The van der Waals surface area contributed by atoms with Crippen molar-refractivity contribution in [2.45, 2.75) is 19.8 Å². The van der Waals surface area contributed by atoms with Gasteiger partial charge in [0, 0.05) is 32.2 Å². The summed E-state index contributed by atoms with van der Waals surface area (Å²) in [7, 11) is 1.92. The molecule has 0 spiro atoms. The fraction of sp³-hybridized carbons (Fsp3) is 0.364. The van der Waals surface area contributed by atoms with Crippen LogP contribution >= 0.6 is 22.7 Å². The van der Waals surface area contributed by atoms with Crippen LogP contribution in [0.1, 0.15) is 23.9 Å². The van der Waals surface area contributed by atoms with Crippen molar-refractivity contribution in [3.63, 3.8) is 0 Å². The number of thiazole rings is 1. The van der Waals surface area contributed by atoms with Crippen molar-refractivity contribution in [2.24, 2.45) is 0 Å². The number of aromatic nitrogens is 4. The Morgan fingerprint density at radius 1 is 1.18 bits per heavy atom. The van der Waals surface area contributed by atoms with Crippen LogP contribution in [0.5, 0.6) is 0 Å². The third-order valence-corrected chi connectivity index (χ3v) is 7.63. The zero-order valence-electron chi connectivity index (χ0n) is 18.4. The SMILES string of the molecule is CCc1nc2sc(N3CCCNCC3)nn2c1N(C)c1nc(-c2ccc(F)cc2)c(C#N)s1. The maximum atomic E-state index is 13.4. The number of hydrogen-bond donors (Lipinski definition) is 1. The first-order valence-electron chi connectivity index (χ1n) is 10.8. The van der Waals surface area contributed by atoms with Gasteiger partial charge in [0.2, 0.25) is 10.1 Å². The van der Waals surface area contributed by atoms with Crippen LogP contribution in [0.2, 0.25) is 0 Å². The average molecular weight is 483 g/mol. The molecular formula is C22H23FN8S2. The molecule has 0 bridgehead atoms. The topological polar surface area (TPSA) is 85.4 Å². The van der Waals surface area contributed by atoms with Gasteiger partial charge in [0.25, 0.3) is 0 Å². The summed E-state index contributed by atoms with van der Waals surface area (Å²) in [5.74, 6) is 0.533. The fourth-order valence-corrected chi connectivity index (χ4v) is 5.74. The lowest BCUT2D eigenvalue weighted by Gasteiger charge is -2.18. The minimum atomic E-state index is -0.321. The zero-order valence-corrected chi connectivity index (χ0v) is 20.0. The van der Waals surface area contributed by atoms with E-state index in [1.807, 2.05) is 16.5 Å². The van der Waals surface area contributed by atoms with Crippen LogP contribution in [-0.4, -0.2) is 52.8 Å². The number of benzene rings is 1. The first-order chi connectivity index (χ1) is 16.1. The largest absolute Gasteiger partial charge is 0.345 e. The predicted octanol–water partition coefficient (Wildman–Crippen LogP) is 4.06. The molecule has 0 saturated carbocycles. The van der Waals surface area contributed by atoms with Crippen LogP contribution in [-0.2, 0) is 6.42 Å². The third kappa shape index (κ3) is 4.06. The summed E-state index contributed by atoms with van der Waals surface area (Å²) >= 11 is 2.90. The molecule has 4 aromatic rings. The first kappa shape index (κ1) is 21.8. The summed E-state index contributed by atoms with van der Waals surface area (Å²) in [4.78, 5) is 15.2. The molecule has 0 atom stereocenters. The van der Waals surface area contributed by atoms with E-state index in [4.69, 9.17) is 15.1 Å². The molecule has 0 aliphatic carbocycles. The number of anilines is 3. The normalized spacial score (nSPS) is 14.4. The summed E-state index contributed by atoms with van der Waals surface area (Å²) in [6, 6.07) is 8.28. The van der Waals surface area contributed by atoms with Crippen LogP contribution in [0.15, 0.2) is 24.3 Å². The molecule has 1 aliphatic heterocycles. The molecule has 1 saturated heterocycles. The summed E-state index contributed by atoms with van der Waals surface area (Å²) in [6.07, 6.45) is 1.83. The molecule has 3 aromatic heterocycles. The van der Waals surface area contributed by atoms with Gasteiger partial charge >= 0.3 is 0 Å². The third-order valence-electron chi connectivity index (χ3n) is 5.62. The second kappa shape index (κ2) is 9.05. The smallest absolute Gasteiger partial charge is 0.216 e. The summed E-state index contributed by atoms with van der Waals surface area (Å²) < 4.78 is 15.3. The Morgan fingerprint density at radius 3 is 2.76 bits per heavy atom. The van der Waals surface area contributed by atoms with E-state index in [9.17, 15) is 9.65 Å². The molecule has 0 radical (unpaired) electrons. The van der Waals surface area contributed by atoms with Crippen LogP contribution in [0.3, 0.4) is 0 Å². The van der Waals surface area contributed by atoms with Gasteiger partial charge in [-0.1, -0.05) is 29.6 Å². The molecule has 170 valence electrons. The Balaban J connectivity index is 1.54. The highest BCUT2D eigenvalue weighted by molar-refractivity contribution is 7.20. The zero-order chi connectivity index (χ0) is 22.9. The minimum absolute atomic E-state index is 0.321. The molecule has 1 aliphatic rings. The Kier molecular flexibility index (Phi) is 5.97. The maximum absolute atomic E-state index is 13.4. The highest BCUT2D eigenvalue weighted by atomic mass is 32.1. The van der Waals surface area contributed by atoms with E-state index in [1.54, 1.807) is 23.5 Å². The second-order valence-electron chi connectivity index (χ2n) is 7.76. The summed E-state index contributed by atoms with van der Waals surface area (Å²) in [5.41, 5.74) is 2.19. The quantitative estimate of drug-likeness (QED) is 0.459. The highest BCUT2D eigenvalue weighted by Crippen LogP contribution is 2.38. The van der Waals surface area contributed by atoms with Crippen molar-refractivity contribution in [1.82, 2.24) is 24.9 Å². The van der Waals surface area contributed by atoms with E-state index >= 15 is 0 Å². The van der Waals surface area contributed by atoms with E-state index in [1.165, 1.54) is 23.5 Å². The van der Waals surface area contributed by atoms with Crippen molar-refractivity contribution in [1.29, 1.82) is 5.26 Å². The van der Waals surface area contributed by atoms with Crippen molar-refractivity contribution in [2.75, 3.05) is 43.0 Å². The second-order valence-corrected chi connectivity index (χ2v) is 9.67. The summed E-state index contributed by atoms with van der Waals surface area (Å²) in [6.45, 7) is 5.92. The van der Waals surface area contributed by atoms with Gasteiger partial charge in [0.05, 0.1) is 5.69 Å². The van der Waals surface area contributed by atoms with E-state index in [0.717, 1.165) is 60.6 Å². The minimum Gasteiger partial charge on any atom is -0.345 e. The van der Waals surface area contributed by atoms with Gasteiger partial charge in [-0.2, -0.15) is 9.78 Å². The molecule has 1 fully saturated rings. The number of nitrogens with zero attached hydrogens (tertiary/aromatic N) is 7. The molecule has 5 rings (SSSR count). The Morgan fingerprint density at radius 2 is 2.00 bits per heavy atom. The molecule has 8 nitrogen and oxygen atoms in total. The van der Waals surface area contributed by atoms with E-state index in [0.29, 0.717) is 21.3 Å². The van der Waals surface area contributed by atoms with Gasteiger partial charge in [0.15, 0.2) is 10.9 Å². The summed E-state index contributed by atoms with van der Waals surface area (Å²) in [5, 5.41) is 19.6. The first-order valence-corrected chi connectivity index (χ1v) is 12.5. The van der Waals surface area contributed by atoms with Crippen LogP contribution < -0.4 is 15.1 Å². The van der Waals surface area contributed by atoms with Crippen LogP contribution in [0.25, 0.3) is 16.2 Å². The Bertz CT molecular complexity index is 1310. The number of fused-ring (bicyclic) bond motifs is 1. The lowest BCUT2D eigenvalue weighted by molar-refractivity contribution is 0.628. The molecule has 4 heterocycles. The molecule has 0 amide bonds. The molecule has 1 N–H and O–H groups in total. The van der Waals surface area contributed by atoms with Crippen molar-refractivity contribution in [3.05, 3.63) is 40.7 Å². The van der Waals surface area contributed by atoms with Gasteiger partial charge in [-0.3, -0.25) is 0 Å². The number of hydrogen-bond acceptors (Lipinski definition) is 9. The monoisotopic (exact) mass is 482 g/mol. The van der Waals surface area contributed by atoms with Crippen molar-refractivity contribution < 1.29 is 4.39 Å². The Labute approximate surface area is 198 Å². The van der Waals surface area contributed by atoms with Crippen LogP contribution in [0, 0.1) is 17.1 Å². The molecule has 11 heteroatoms. The van der Waals surface area contributed by atoms with E-state index < -0.39 is 0 Å². The van der Waals surface area contributed by atoms with Crippen LogP contribution in [0.4, 0.5) is 20.5 Å². The number of nitrogens with one attached hydrogen (secondary N) is 1. The number of nitriles is 1. The number of halogens is 1. The van der Waals surface area contributed by atoms with Gasteiger partial charge in [-0.05, 0) is 43.7 Å². The fourth-order valence-electron chi connectivity index (χ4n) is 3.93. The standard InChI is InChI=1S/C22H23FN8S2/c1-3-16-19(31-21(26-16)33-22(28-31)30-11-4-9-25-10-12-30)29(2)20-27-18(17(13-24)32-20)14-5-7-15(23)8-6-14/h5-8,25H,3-4,9-12H2,1-2H3. The van der Waals surface area contributed by atoms with Gasteiger partial charge in [0.1, 0.15) is 22.5 Å².